The number of aromatic nitrogens is 1. The normalized spacial score (nSPS) is 23.9. The zero-order valence-corrected chi connectivity index (χ0v) is 12.8. The van der Waals surface area contributed by atoms with Crippen molar-refractivity contribution in [1.82, 2.24) is 14.8 Å². The fourth-order valence-corrected chi connectivity index (χ4v) is 3.46. The molecular weight excluding hydrogens is 266 g/mol. The van der Waals surface area contributed by atoms with Gasteiger partial charge in [0, 0.05) is 43.0 Å². The molecule has 114 valence electrons. The first-order valence-electron chi connectivity index (χ1n) is 7.80. The average molecular weight is 289 g/mol. The molecule has 0 unspecified atom stereocenters. The van der Waals surface area contributed by atoms with Crippen molar-refractivity contribution in [3.05, 3.63) is 33.7 Å². The van der Waals surface area contributed by atoms with Crippen LogP contribution in [0.4, 0.5) is 0 Å². The lowest BCUT2D eigenvalue weighted by molar-refractivity contribution is 0.00179. The fraction of sp³-hybridized carbons (Fsp3) is 0.625. The number of hydrogen-bond donors (Lipinski definition) is 1. The van der Waals surface area contributed by atoms with Crippen LogP contribution in [0.2, 0.25) is 0 Å². The minimum Gasteiger partial charge on any atom is -0.354 e. The topological polar surface area (TPSA) is 56.4 Å². The molecule has 1 N–H and O–H groups in total. The Bertz CT molecular complexity index is 589. The van der Waals surface area contributed by atoms with E-state index in [0.717, 1.165) is 25.3 Å². The highest BCUT2D eigenvalue weighted by Crippen LogP contribution is 2.25. The minimum atomic E-state index is -0.115. The lowest BCUT2D eigenvalue weighted by Gasteiger charge is -2.49. The second kappa shape index (κ2) is 5.64. The van der Waals surface area contributed by atoms with Crippen LogP contribution >= 0.6 is 0 Å². The standard InChI is InChI=1S/C16H23N3O2/c1-11-7-14(20)8-15(17-11)16(21)18-9-13(10-18)19-6-4-3-5-12(19)2/h7-8,12-13H,3-6,9-10H2,1-2H3,(H,17,20)/t12-/m0/s1. The van der Waals surface area contributed by atoms with E-state index in [-0.39, 0.29) is 11.3 Å². The third kappa shape index (κ3) is 2.88. The van der Waals surface area contributed by atoms with Gasteiger partial charge in [0.05, 0.1) is 0 Å². The van der Waals surface area contributed by atoms with Crippen molar-refractivity contribution in [1.29, 1.82) is 0 Å². The second-order valence-electron chi connectivity index (χ2n) is 6.36. The Morgan fingerprint density at radius 1 is 1.29 bits per heavy atom. The van der Waals surface area contributed by atoms with E-state index in [1.165, 1.54) is 31.4 Å². The first-order valence-corrected chi connectivity index (χ1v) is 7.80. The Balaban J connectivity index is 1.63. The summed E-state index contributed by atoms with van der Waals surface area (Å²) in [6.07, 6.45) is 3.84. The van der Waals surface area contributed by atoms with Gasteiger partial charge >= 0.3 is 0 Å². The molecule has 1 aromatic rings. The van der Waals surface area contributed by atoms with E-state index in [4.69, 9.17) is 0 Å². The van der Waals surface area contributed by atoms with E-state index >= 15 is 0 Å². The highest BCUT2D eigenvalue weighted by molar-refractivity contribution is 5.93. The summed E-state index contributed by atoms with van der Waals surface area (Å²) >= 11 is 0. The summed E-state index contributed by atoms with van der Waals surface area (Å²) in [6.45, 7) is 6.78. The smallest absolute Gasteiger partial charge is 0.270 e. The number of nitrogens with one attached hydrogen (secondary N) is 1. The number of carbonyl (C=O) groups is 1. The number of amides is 1. The van der Waals surface area contributed by atoms with Crippen molar-refractivity contribution in [3.63, 3.8) is 0 Å². The van der Waals surface area contributed by atoms with Crippen LogP contribution in [-0.2, 0) is 0 Å². The number of piperidine rings is 1. The molecule has 1 aromatic heterocycles. The molecule has 0 spiro atoms. The molecule has 2 fully saturated rings. The summed E-state index contributed by atoms with van der Waals surface area (Å²) in [5.41, 5.74) is 1.02. The molecule has 3 rings (SSSR count). The molecule has 0 aromatic carbocycles. The quantitative estimate of drug-likeness (QED) is 0.895. The number of aryl methyl sites for hydroxylation is 1. The maximum Gasteiger partial charge on any atom is 0.270 e. The third-order valence-electron chi connectivity index (χ3n) is 4.68. The molecule has 1 atom stereocenters. The highest BCUT2D eigenvalue weighted by Gasteiger charge is 2.37. The molecule has 2 saturated heterocycles. The molecule has 2 aliphatic heterocycles. The molecule has 0 bridgehead atoms. The van der Waals surface area contributed by atoms with Crippen LogP contribution in [0.5, 0.6) is 0 Å². The first kappa shape index (κ1) is 14.3. The molecule has 0 saturated carbocycles. The fourth-order valence-electron chi connectivity index (χ4n) is 3.46. The highest BCUT2D eigenvalue weighted by atomic mass is 16.2. The summed E-state index contributed by atoms with van der Waals surface area (Å²) < 4.78 is 0. The number of nitrogens with zero attached hydrogens (tertiary/aromatic N) is 2. The molecule has 0 aliphatic carbocycles. The van der Waals surface area contributed by atoms with Crippen LogP contribution in [-0.4, -0.2) is 52.4 Å². The van der Waals surface area contributed by atoms with Gasteiger partial charge in [0.1, 0.15) is 5.69 Å². The van der Waals surface area contributed by atoms with Crippen LogP contribution < -0.4 is 5.43 Å². The maximum absolute atomic E-state index is 12.4. The number of likely N-dealkylation sites (tertiary alicyclic amines) is 2. The summed E-state index contributed by atoms with van der Waals surface area (Å²) in [6, 6.07) is 4.01. The van der Waals surface area contributed by atoms with Gasteiger partial charge in [-0.3, -0.25) is 14.5 Å². The minimum absolute atomic E-state index is 0.0586. The van der Waals surface area contributed by atoms with Crippen molar-refractivity contribution in [2.45, 2.75) is 45.2 Å². The molecule has 5 nitrogen and oxygen atoms in total. The number of aromatic amines is 1. The summed E-state index contributed by atoms with van der Waals surface area (Å²) in [4.78, 5) is 31.2. The Hall–Kier alpha value is -1.62. The Kier molecular flexibility index (Phi) is 3.85. The molecule has 21 heavy (non-hydrogen) atoms. The van der Waals surface area contributed by atoms with Crippen molar-refractivity contribution in [3.8, 4) is 0 Å². The lowest BCUT2D eigenvalue weighted by atomic mass is 9.97. The van der Waals surface area contributed by atoms with Gasteiger partial charge in [0.2, 0.25) is 0 Å². The van der Waals surface area contributed by atoms with Gasteiger partial charge in [0.25, 0.3) is 5.91 Å². The van der Waals surface area contributed by atoms with Gasteiger partial charge in [-0.15, -0.1) is 0 Å². The Morgan fingerprint density at radius 2 is 2.05 bits per heavy atom. The van der Waals surface area contributed by atoms with Crippen molar-refractivity contribution in [2.24, 2.45) is 0 Å². The number of hydrogen-bond acceptors (Lipinski definition) is 3. The largest absolute Gasteiger partial charge is 0.354 e. The van der Waals surface area contributed by atoms with Crippen LogP contribution in [0, 0.1) is 6.92 Å². The van der Waals surface area contributed by atoms with Gasteiger partial charge in [-0.25, -0.2) is 0 Å². The summed E-state index contributed by atoms with van der Waals surface area (Å²) in [5.74, 6) is -0.0586. The monoisotopic (exact) mass is 289 g/mol. The van der Waals surface area contributed by atoms with Crippen LogP contribution in [0.1, 0.15) is 42.4 Å². The molecular formula is C16H23N3O2. The van der Waals surface area contributed by atoms with E-state index in [0.29, 0.717) is 17.8 Å². The van der Waals surface area contributed by atoms with Gasteiger partial charge < -0.3 is 9.88 Å². The molecule has 2 aliphatic rings. The number of carbonyl (C=O) groups excluding carboxylic acids is 1. The van der Waals surface area contributed by atoms with Crippen LogP contribution in [0.15, 0.2) is 16.9 Å². The SMILES string of the molecule is Cc1cc(=O)cc(C(=O)N2CC(N3CCCC[C@@H]3C)C2)[nH]1. The predicted molar refractivity (Wildman–Crippen MR) is 81.5 cm³/mol. The zero-order valence-electron chi connectivity index (χ0n) is 12.8. The summed E-state index contributed by atoms with van der Waals surface area (Å²) in [7, 11) is 0. The molecule has 3 heterocycles. The number of rotatable bonds is 2. The molecule has 0 radical (unpaired) electrons. The van der Waals surface area contributed by atoms with Gasteiger partial charge in [-0.1, -0.05) is 6.42 Å². The van der Waals surface area contributed by atoms with Crippen molar-refractivity contribution < 1.29 is 4.79 Å². The van der Waals surface area contributed by atoms with Gasteiger partial charge in [-0.05, 0) is 33.2 Å². The van der Waals surface area contributed by atoms with Crippen LogP contribution in [0.25, 0.3) is 0 Å². The van der Waals surface area contributed by atoms with Gasteiger partial charge in [0.15, 0.2) is 5.43 Å². The van der Waals surface area contributed by atoms with Crippen molar-refractivity contribution in [2.75, 3.05) is 19.6 Å². The van der Waals surface area contributed by atoms with Gasteiger partial charge in [-0.2, -0.15) is 0 Å². The molecule has 1 amide bonds. The predicted octanol–water partition coefficient (Wildman–Crippen LogP) is 1.38. The number of pyridine rings is 1. The summed E-state index contributed by atoms with van der Waals surface area (Å²) in [5, 5.41) is 0. The molecule has 5 heteroatoms. The van der Waals surface area contributed by atoms with E-state index in [9.17, 15) is 9.59 Å². The lowest BCUT2D eigenvalue weighted by Crippen LogP contribution is -2.63. The number of H-pyrrole nitrogens is 1. The Morgan fingerprint density at radius 3 is 2.71 bits per heavy atom. The van der Waals surface area contributed by atoms with E-state index < -0.39 is 0 Å². The van der Waals surface area contributed by atoms with E-state index in [2.05, 4.69) is 16.8 Å². The first-order chi connectivity index (χ1) is 10.0. The van der Waals surface area contributed by atoms with Crippen molar-refractivity contribution >= 4 is 5.91 Å². The maximum atomic E-state index is 12.4. The van der Waals surface area contributed by atoms with Crippen LogP contribution in [0.3, 0.4) is 0 Å². The zero-order chi connectivity index (χ0) is 15.0. The average Bonchev–Trinajstić information content (AvgIpc) is 2.38. The Labute approximate surface area is 124 Å². The van der Waals surface area contributed by atoms with E-state index in [1.54, 1.807) is 6.92 Å². The van der Waals surface area contributed by atoms with E-state index in [1.807, 2.05) is 4.90 Å². The second-order valence-corrected chi connectivity index (χ2v) is 6.36. The third-order valence-corrected chi connectivity index (χ3v) is 4.68.